The van der Waals surface area contributed by atoms with Gasteiger partial charge in [-0.25, -0.2) is 9.97 Å². The molecule has 0 saturated carbocycles. The molecule has 0 atom stereocenters. The quantitative estimate of drug-likeness (QED) is 0.721. The summed E-state index contributed by atoms with van der Waals surface area (Å²) in [5.74, 6) is 0.451. The van der Waals surface area contributed by atoms with Gasteiger partial charge in [-0.2, -0.15) is 15.0 Å². The van der Waals surface area contributed by atoms with Gasteiger partial charge >= 0.3 is 0 Å². The normalized spacial score (nSPS) is 10.3. The van der Waals surface area contributed by atoms with E-state index >= 15 is 0 Å². The summed E-state index contributed by atoms with van der Waals surface area (Å²) in [4.78, 5) is 8.41. The molecule has 0 saturated heterocycles. The first-order valence-corrected chi connectivity index (χ1v) is 6.54. The van der Waals surface area contributed by atoms with Gasteiger partial charge in [-0.05, 0) is 37.1 Å². The summed E-state index contributed by atoms with van der Waals surface area (Å²) in [6, 6.07) is 11.7. The maximum Gasteiger partial charge on any atom is 0.251 e. The van der Waals surface area contributed by atoms with Crippen LogP contribution in [-0.4, -0.2) is 19.7 Å². The largest absolute Gasteiger partial charge is 0.251 e. The van der Waals surface area contributed by atoms with Crippen LogP contribution in [0.15, 0.2) is 42.7 Å². The molecule has 1 aromatic carbocycles. The van der Waals surface area contributed by atoms with Crippen LogP contribution in [0.5, 0.6) is 0 Å². The molecule has 0 bridgehead atoms. The third-order valence-corrected chi connectivity index (χ3v) is 3.37. The molecule has 2 aromatic heterocycles. The van der Waals surface area contributed by atoms with Crippen molar-refractivity contribution in [3.8, 4) is 23.3 Å². The Balaban J connectivity index is 2.20. The standard InChI is InChI=1S/C16H13N5/c1-11-4-5-13(8-12(11)2)15-9-14(10-17)20-21(15)16-18-6-3-7-19-16/h3-9H,1-2H3. The van der Waals surface area contributed by atoms with E-state index in [1.54, 1.807) is 29.2 Å². The van der Waals surface area contributed by atoms with Crippen LogP contribution in [0, 0.1) is 25.2 Å². The molecule has 5 nitrogen and oxygen atoms in total. The van der Waals surface area contributed by atoms with Crippen LogP contribution in [0.25, 0.3) is 17.2 Å². The summed E-state index contributed by atoms with van der Waals surface area (Å²) in [5, 5.41) is 13.4. The minimum atomic E-state index is 0.343. The topological polar surface area (TPSA) is 67.4 Å². The van der Waals surface area contributed by atoms with Crippen molar-refractivity contribution in [2.24, 2.45) is 0 Å². The number of aryl methyl sites for hydroxylation is 2. The zero-order valence-electron chi connectivity index (χ0n) is 11.8. The number of nitrogens with zero attached hydrogens (tertiary/aromatic N) is 5. The van der Waals surface area contributed by atoms with Crippen molar-refractivity contribution >= 4 is 0 Å². The number of benzene rings is 1. The molecular weight excluding hydrogens is 262 g/mol. The minimum absolute atomic E-state index is 0.343. The Morgan fingerprint density at radius 1 is 1.05 bits per heavy atom. The van der Waals surface area contributed by atoms with Gasteiger partial charge in [-0.3, -0.25) is 0 Å². The van der Waals surface area contributed by atoms with E-state index in [1.165, 1.54) is 11.1 Å². The second kappa shape index (κ2) is 5.17. The van der Waals surface area contributed by atoms with Gasteiger partial charge in [0.1, 0.15) is 6.07 Å². The molecule has 2 heterocycles. The third-order valence-electron chi connectivity index (χ3n) is 3.37. The predicted octanol–water partition coefficient (Wildman–Crippen LogP) is 2.82. The Morgan fingerprint density at radius 2 is 1.81 bits per heavy atom. The van der Waals surface area contributed by atoms with Crippen molar-refractivity contribution in [1.82, 2.24) is 19.7 Å². The third kappa shape index (κ3) is 2.39. The van der Waals surface area contributed by atoms with Crippen LogP contribution in [-0.2, 0) is 0 Å². The first-order chi connectivity index (χ1) is 10.2. The Bertz CT molecular complexity index is 828. The Labute approximate surface area is 122 Å². The van der Waals surface area contributed by atoms with E-state index < -0.39 is 0 Å². The number of rotatable bonds is 2. The summed E-state index contributed by atoms with van der Waals surface area (Å²) < 4.78 is 1.60. The Hall–Kier alpha value is -3.00. The van der Waals surface area contributed by atoms with Gasteiger partial charge in [0.05, 0.1) is 5.69 Å². The fourth-order valence-electron chi connectivity index (χ4n) is 2.10. The van der Waals surface area contributed by atoms with Gasteiger partial charge in [-0.15, -0.1) is 0 Å². The fraction of sp³-hybridized carbons (Fsp3) is 0.125. The van der Waals surface area contributed by atoms with Crippen LogP contribution in [0.1, 0.15) is 16.8 Å². The molecule has 0 N–H and O–H groups in total. The van der Waals surface area contributed by atoms with E-state index in [2.05, 4.69) is 47.1 Å². The maximum absolute atomic E-state index is 9.10. The molecule has 0 radical (unpaired) electrons. The van der Waals surface area contributed by atoms with E-state index in [1.807, 2.05) is 6.07 Å². The number of aromatic nitrogens is 4. The van der Waals surface area contributed by atoms with Gasteiger partial charge in [0, 0.05) is 24.0 Å². The first-order valence-electron chi connectivity index (χ1n) is 6.54. The molecule has 0 aliphatic rings. The van der Waals surface area contributed by atoms with E-state index in [9.17, 15) is 0 Å². The lowest BCUT2D eigenvalue weighted by atomic mass is 10.0. The van der Waals surface area contributed by atoms with Crippen LogP contribution in [0.3, 0.4) is 0 Å². The van der Waals surface area contributed by atoms with Crippen molar-refractivity contribution < 1.29 is 0 Å². The lowest BCUT2D eigenvalue weighted by Crippen LogP contribution is -2.04. The lowest BCUT2D eigenvalue weighted by molar-refractivity contribution is 0.810. The van der Waals surface area contributed by atoms with Crippen molar-refractivity contribution in [3.63, 3.8) is 0 Å². The number of hydrogen-bond acceptors (Lipinski definition) is 4. The maximum atomic E-state index is 9.10. The molecule has 3 aromatic rings. The van der Waals surface area contributed by atoms with Crippen molar-refractivity contribution in [1.29, 1.82) is 5.26 Å². The van der Waals surface area contributed by atoms with Crippen molar-refractivity contribution in [2.45, 2.75) is 13.8 Å². The molecule has 0 aliphatic carbocycles. The molecule has 0 fully saturated rings. The van der Waals surface area contributed by atoms with Gasteiger partial charge in [0.25, 0.3) is 5.95 Å². The molecule has 21 heavy (non-hydrogen) atoms. The highest BCUT2D eigenvalue weighted by atomic mass is 15.4. The SMILES string of the molecule is Cc1ccc(-c2cc(C#N)nn2-c2ncccn2)cc1C. The van der Waals surface area contributed by atoms with Crippen LogP contribution < -0.4 is 0 Å². The molecule has 0 spiro atoms. The molecule has 5 heteroatoms. The zero-order valence-corrected chi connectivity index (χ0v) is 11.8. The molecule has 3 rings (SSSR count). The highest BCUT2D eigenvalue weighted by Gasteiger charge is 2.13. The zero-order chi connectivity index (χ0) is 14.8. The smallest absolute Gasteiger partial charge is 0.220 e. The first kappa shape index (κ1) is 13.0. The highest BCUT2D eigenvalue weighted by molar-refractivity contribution is 5.64. The average molecular weight is 275 g/mol. The highest BCUT2D eigenvalue weighted by Crippen LogP contribution is 2.24. The van der Waals surface area contributed by atoms with E-state index in [-0.39, 0.29) is 0 Å². The van der Waals surface area contributed by atoms with E-state index in [0.29, 0.717) is 11.6 Å². The van der Waals surface area contributed by atoms with Crippen molar-refractivity contribution in [3.05, 3.63) is 59.5 Å². The van der Waals surface area contributed by atoms with E-state index in [4.69, 9.17) is 5.26 Å². The molecule has 0 amide bonds. The summed E-state index contributed by atoms with van der Waals surface area (Å²) in [6.07, 6.45) is 3.31. The van der Waals surface area contributed by atoms with Crippen LogP contribution >= 0.6 is 0 Å². The fourth-order valence-corrected chi connectivity index (χ4v) is 2.10. The number of nitriles is 1. The monoisotopic (exact) mass is 275 g/mol. The molecule has 102 valence electrons. The second-order valence-electron chi connectivity index (χ2n) is 4.79. The Kier molecular flexibility index (Phi) is 3.20. The lowest BCUT2D eigenvalue weighted by Gasteiger charge is -2.07. The van der Waals surface area contributed by atoms with Gasteiger partial charge in [-0.1, -0.05) is 12.1 Å². The predicted molar refractivity (Wildman–Crippen MR) is 78.8 cm³/mol. The summed E-state index contributed by atoms with van der Waals surface area (Å²) in [6.45, 7) is 4.13. The number of hydrogen-bond donors (Lipinski definition) is 0. The second-order valence-corrected chi connectivity index (χ2v) is 4.79. The summed E-state index contributed by atoms with van der Waals surface area (Å²) >= 11 is 0. The van der Waals surface area contributed by atoms with Crippen LogP contribution in [0.4, 0.5) is 0 Å². The summed E-state index contributed by atoms with van der Waals surface area (Å²) in [7, 11) is 0. The van der Waals surface area contributed by atoms with Crippen LogP contribution in [0.2, 0.25) is 0 Å². The van der Waals surface area contributed by atoms with Gasteiger partial charge in [0.15, 0.2) is 5.69 Å². The van der Waals surface area contributed by atoms with Crippen molar-refractivity contribution in [2.75, 3.05) is 0 Å². The minimum Gasteiger partial charge on any atom is -0.220 e. The average Bonchev–Trinajstić information content (AvgIpc) is 2.95. The Morgan fingerprint density at radius 3 is 2.48 bits per heavy atom. The molecule has 0 aliphatic heterocycles. The van der Waals surface area contributed by atoms with E-state index in [0.717, 1.165) is 11.3 Å². The van der Waals surface area contributed by atoms with Gasteiger partial charge in [0.2, 0.25) is 0 Å². The molecular formula is C16H13N5. The van der Waals surface area contributed by atoms with Gasteiger partial charge < -0.3 is 0 Å². The molecule has 0 unspecified atom stereocenters. The summed E-state index contributed by atoms with van der Waals surface area (Å²) in [5.41, 5.74) is 4.55.